The average molecular weight is 130 g/mol. The summed E-state index contributed by atoms with van der Waals surface area (Å²) in [6, 6.07) is 0. The summed E-state index contributed by atoms with van der Waals surface area (Å²) >= 11 is 1.81. The molecule has 1 heterocycles. The Balaban J connectivity index is 2.49. The Kier molecular flexibility index (Phi) is 1.96. The highest BCUT2D eigenvalue weighted by Gasteiger charge is 1.93. The van der Waals surface area contributed by atoms with E-state index >= 15 is 0 Å². The fraction of sp³-hybridized carbons (Fsp3) is 0.200. The van der Waals surface area contributed by atoms with Crippen molar-refractivity contribution in [2.45, 2.75) is 4.99 Å². The first-order chi connectivity index (χ1) is 3.39. The summed E-state index contributed by atoms with van der Waals surface area (Å²) in [5, 5.41) is 2.09. The van der Waals surface area contributed by atoms with Crippen molar-refractivity contribution in [3.05, 3.63) is 23.6 Å². The summed E-state index contributed by atoms with van der Waals surface area (Å²) in [6.45, 7) is 0. The van der Waals surface area contributed by atoms with Crippen molar-refractivity contribution >= 4 is 21.0 Å². The second kappa shape index (κ2) is 2.54. The van der Waals surface area contributed by atoms with Gasteiger partial charge in [0.1, 0.15) is 0 Å². The predicted molar refractivity (Wildman–Crippen MR) is 39.4 cm³/mol. The summed E-state index contributed by atoms with van der Waals surface area (Å²) < 4.78 is 0. The Hall–Kier alpha value is 0.260. The molecule has 0 aromatic rings. The number of rotatable bonds is 0. The first-order valence-corrected chi connectivity index (χ1v) is 3.75. The van der Waals surface area contributed by atoms with E-state index in [1.807, 2.05) is 17.8 Å². The van der Waals surface area contributed by atoms with Crippen molar-refractivity contribution in [1.29, 1.82) is 0 Å². The molecule has 7 heavy (non-hydrogen) atoms. The van der Waals surface area contributed by atoms with Gasteiger partial charge >= 0.3 is 0 Å². The molecule has 38 valence electrons. The van der Waals surface area contributed by atoms with Crippen LogP contribution in [0.4, 0.5) is 0 Å². The Bertz CT molecular complexity index is 107. The van der Waals surface area contributed by atoms with E-state index in [9.17, 15) is 0 Å². The third kappa shape index (κ3) is 1.67. The predicted octanol–water partition coefficient (Wildman–Crippen LogP) is 2.00. The smallest absolute Gasteiger partial charge is 0.0412 e. The first-order valence-electron chi connectivity index (χ1n) is 2.14. The van der Waals surface area contributed by atoms with Gasteiger partial charge in [-0.15, -0.1) is 21.0 Å². The molecule has 0 aliphatic carbocycles. The van der Waals surface area contributed by atoms with Crippen LogP contribution < -0.4 is 0 Å². The van der Waals surface area contributed by atoms with Crippen molar-refractivity contribution in [3.63, 3.8) is 0 Å². The van der Waals surface area contributed by atoms with Gasteiger partial charge in [-0.2, -0.15) is 0 Å². The molecule has 0 spiro atoms. The third-order valence-electron chi connectivity index (χ3n) is 0.726. The zero-order chi connectivity index (χ0) is 5.11. The molecule has 0 N–H and O–H groups in total. The molecule has 0 bridgehead atoms. The lowest BCUT2D eigenvalue weighted by molar-refractivity contribution is 1.64. The third-order valence-corrected chi connectivity index (χ3v) is 2.21. The van der Waals surface area contributed by atoms with E-state index in [1.54, 1.807) is 0 Å². The molecule has 0 fully saturated rings. The Morgan fingerprint density at radius 2 is 2.29 bits per heavy atom. The van der Waals surface area contributed by atoms with E-state index in [0.717, 1.165) is 0 Å². The van der Waals surface area contributed by atoms with E-state index in [-0.39, 0.29) is 0 Å². The number of thioether (sulfide) groups is 1. The largest absolute Gasteiger partial charge is 0.122 e. The highest BCUT2D eigenvalue weighted by atomic mass is 32.2. The maximum atomic E-state index is 2.73. The van der Waals surface area contributed by atoms with Gasteiger partial charge in [-0.1, -0.05) is 18.2 Å². The lowest BCUT2D eigenvalue weighted by Gasteiger charge is -2.01. The van der Waals surface area contributed by atoms with Crippen LogP contribution in [0.25, 0.3) is 0 Å². The highest BCUT2D eigenvalue weighted by molar-refractivity contribution is 8.06. The summed E-state index contributed by atoms with van der Waals surface area (Å²) in [5.41, 5.74) is 0. The fourth-order valence-corrected chi connectivity index (χ4v) is 1.35. The summed E-state index contributed by atoms with van der Waals surface area (Å²) in [5.74, 6) is 0. The van der Waals surface area contributed by atoms with E-state index in [4.69, 9.17) is 0 Å². The van der Waals surface area contributed by atoms with Gasteiger partial charge in [0.05, 0.1) is 0 Å². The molecular formula is C5H7PS. The van der Waals surface area contributed by atoms with Crippen LogP contribution in [0.1, 0.15) is 0 Å². The van der Waals surface area contributed by atoms with E-state index in [0.29, 0.717) is 4.99 Å². The number of hydrogen-bond donors (Lipinski definition) is 0. The Morgan fingerprint density at radius 3 is 2.57 bits per heavy atom. The van der Waals surface area contributed by atoms with Crippen LogP contribution in [0, 0.1) is 0 Å². The van der Waals surface area contributed by atoms with Gasteiger partial charge in [0.25, 0.3) is 0 Å². The SMILES string of the molecule is PC1C=CC=CS1. The molecule has 1 aliphatic heterocycles. The molecule has 0 saturated heterocycles. The summed E-state index contributed by atoms with van der Waals surface area (Å²) in [4.78, 5) is 0.602. The second-order valence-electron chi connectivity index (χ2n) is 1.31. The van der Waals surface area contributed by atoms with E-state index < -0.39 is 0 Å². The molecule has 0 amide bonds. The fourth-order valence-electron chi connectivity index (χ4n) is 0.400. The molecule has 0 saturated carbocycles. The molecule has 2 atom stereocenters. The second-order valence-corrected chi connectivity index (χ2v) is 3.60. The summed E-state index contributed by atoms with van der Waals surface area (Å²) in [7, 11) is 2.73. The minimum Gasteiger partial charge on any atom is -0.122 e. The van der Waals surface area contributed by atoms with Crippen molar-refractivity contribution in [2.24, 2.45) is 0 Å². The van der Waals surface area contributed by atoms with Crippen molar-refractivity contribution < 1.29 is 0 Å². The van der Waals surface area contributed by atoms with Crippen LogP contribution in [0.3, 0.4) is 0 Å². The van der Waals surface area contributed by atoms with Crippen molar-refractivity contribution in [3.8, 4) is 0 Å². The molecule has 0 aromatic carbocycles. The molecular weight excluding hydrogens is 123 g/mol. The van der Waals surface area contributed by atoms with Crippen LogP contribution in [0.2, 0.25) is 0 Å². The molecule has 0 radical (unpaired) electrons. The van der Waals surface area contributed by atoms with Gasteiger partial charge in [-0.05, 0) is 5.41 Å². The highest BCUT2D eigenvalue weighted by Crippen LogP contribution is 2.22. The zero-order valence-corrected chi connectivity index (χ0v) is 5.84. The summed E-state index contributed by atoms with van der Waals surface area (Å²) in [6.07, 6.45) is 6.26. The maximum Gasteiger partial charge on any atom is 0.0412 e. The van der Waals surface area contributed by atoms with Crippen LogP contribution >= 0.6 is 21.0 Å². The molecule has 1 rings (SSSR count). The number of allylic oxidation sites excluding steroid dienone is 2. The monoisotopic (exact) mass is 130 g/mol. The number of hydrogen-bond acceptors (Lipinski definition) is 1. The lowest BCUT2D eigenvalue weighted by atomic mass is 10.5. The van der Waals surface area contributed by atoms with Gasteiger partial charge in [0, 0.05) is 4.99 Å². The van der Waals surface area contributed by atoms with Gasteiger partial charge < -0.3 is 0 Å². The standard InChI is InChI=1S/C5H7PS/c6-5-3-1-2-4-7-5/h1-5H,6H2. The van der Waals surface area contributed by atoms with Crippen LogP contribution in [-0.4, -0.2) is 4.99 Å². The molecule has 0 aromatic heterocycles. The van der Waals surface area contributed by atoms with E-state index in [2.05, 4.69) is 26.8 Å². The average Bonchev–Trinajstić information content (AvgIpc) is 1.69. The Labute approximate surface area is 50.3 Å². The molecule has 2 unspecified atom stereocenters. The minimum atomic E-state index is 0.602. The van der Waals surface area contributed by atoms with E-state index in [1.165, 1.54) is 0 Å². The first kappa shape index (κ1) is 5.40. The van der Waals surface area contributed by atoms with Gasteiger partial charge in [0.2, 0.25) is 0 Å². The maximum absolute atomic E-state index is 2.73. The van der Waals surface area contributed by atoms with Crippen LogP contribution in [-0.2, 0) is 0 Å². The van der Waals surface area contributed by atoms with Gasteiger partial charge in [-0.3, -0.25) is 0 Å². The van der Waals surface area contributed by atoms with Gasteiger partial charge in [-0.25, -0.2) is 0 Å². The van der Waals surface area contributed by atoms with Crippen LogP contribution in [0.5, 0.6) is 0 Å². The van der Waals surface area contributed by atoms with Crippen molar-refractivity contribution in [2.75, 3.05) is 0 Å². The quantitative estimate of drug-likeness (QED) is 0.452. The lowest BCUT2D eigenvalue weighted by Crippen LogP contribution is -1.81. The zero-order valence-electron chi connectivity index (χ0n) is 3.87. The molecule has 0 nitrogen and oxygen atoms in total. The minimum absolute atomic E-state index is 0.602. The Morgan fingerprint density at radius 1 is 1.43 bits per heavy atom. The molecule has 1 aliphatic rings. The molecule has 2 heteroatoms. The van der Waals surface area contributed by atoms with Gasteiger partial charge in [0.15, 0.2) is 0 Å². The van der Waals surface area contributed by atoms with Crippen molar-refractivity contribution in [1.82, 2.24) is 0 Å². The van der Waals surface area contributed by atoms with Crippen LogP contribution in [0.15, 0.2) is 23.6 Å². The topological polar surface area (TPSA) is 0 Å². The normalized spacial score (nSPS) is 28.4.